The molecule has 138 valence electrons. The van der Waals surface area contributed by atoms with Crippen molar-refractivity contribution in [1.29, 1.82) is 0 Å². The highest BCUT2D eigenvalue weighted by Crippen LogP contribution is 2.24. The second-order valence-electron chi connectivity index (χ2n) is 6.24. The molecule has 0 radical (unpaired) electrons. The van der Waals surface area contributed by atoms with Crippen molar-refractivity contribution in [3.63, 3.8) is 0 Å². The van der Waals surface area contributed by atoms with E-state index < -0.39 is 29.1 Å². The molecule has 0 saturated carbocycles. The summed E-state index contributed by atoms with van der Waals surface area (Å²) in [5.41, 5.74) is 0.838. The Bertz CT molecular complexity index is 1030. The quantitative estimate of drug-likeness (QED) is 0.752. The van der Waals surface area contributed by atoms with Gasteiger partial charge in [-0.3, -0.25) is 9.59 Å². The molecule has 2 aromatic carbocycles. The first-order chi connectivity index (χ1) is 12.9. The summed E-state index contributed by atoms with van der Waals surface area (Å²) in [5.74, 6) is -1.78. The smallest absolute Gasteiger partial charge is 0.261 e. The third-order valence-electron chi connectivity index (χ3n) is 4.53. The van der Waals surface area contributed by atoms with Crippen LogP contribution in [0.5, 0.6) is 0 Å². The number of benzene rings is 2. The highest BCUT2D eigenvalue weighted by atomic mass is 19.1. The molecule has 1 unspecified atom stereocenters. The number of carbonyl (C=O) groups excluding carboxylic acids is 1. The molecule has 0 saturated heterocycles. The first kappa shape index (κ1) is 18.5. The second-order valence-corrected chi connectivity index (χ2v) is 6.24. The molecular formula is C21H18F2N2O2. The van der Waals surface area contributed by atoms with E-state index in [2.05, 4.69) is 4.98 Å². The van der Waals surface area contributed by atoms with Gasteiger partial charge in [0.25, 0.3) is 11.5 Å². The fraction of sp³-hybridized carbons (Fsp3) is 0.143. The van der Waals surface area contributed by atoms with E-state index in [4.69, 9.17) is 0 Å². The summed E-state index contributed by atoms with van der Waals surface area (Å²) in [6.07, 6.45) is 0. The average molecular weight is 368 g/mol. The molecule has 0 fully saturated rings. The molecule has 1 heterocycles. The van der Waals surface area contributed by atoms with Crippen LogP contribution in [0.15, 0.2) is 65.5 Å². The third kappa shape index (κ3) is 3.79. The lowest BCUT2D eigenvalue weighted by Gasteiger charge is -2.25. The highest BCUT2D eigenvalue weighted by molar-refractivity contribution is 5.94. The van der Waals surface area contributed by atoms with Gasteiger partial charge < -0.3 is 9.88 Å². The Morgan fingerprint density at radius 2 is 1.74 bits per heavy atom. The number of hydrogen-bond donors (Lipinski definition) is 1. The van der Waals surface area contributed by atoms with Crippen molar-refractivity contribution in [3.8, 4) is 11.3 Å². The number of aromatic nitrogens is 1. The van der Waals surface area contributed by atoms with Gasteiger partial charge in [-0.2, -0.15) is 0 Å². The molecule has 1 amide bonds. The van der Waals surface area contributed by atoms with E-state index in [0.717, 1.165) is 23.8 Å². The van der Waals surface area contributed by atoms with Crippen molar-refractivity contribution in [2.45, 2.75) is 13.0 Å². The number of pyridine rings is 1. The fourth-order valence-corrected chi connectivity index (χ4v) is 2.84. The van der Waals surface area contributed by atoms with Crippen LogP contribution in [0.4, 0.5) is 8.78 Å². The Hall–Kier alpha value is -3.28. The molecule has 0 aliphatic carbocycles. The standard InChI is InChI=1S/C21H18F2N2O2/c1-13(17-12-15(22)8-10-18(17)23)25(2)21(27)16-9-11-19(24-20(16)26)14-6-4-3-5-7-14/h3-13H,1-2H3,(H,24,26). The normalized spacial score (nSPS) is 11.9. The van der Waals surface area contributed by atoms with Gasteiger partial charge >= 0.3 is 0 Å². The summed E-state index contributed by atoms with van der Waals surface area (Å²) in [6.45, 7) is 1.57. The van der Waals surface area contributed by atoms with Crippen molar-refractivity contribution >= 4 is 5.91 Å². The van der Waals surface area contributed by atoms with Crippen LogP contribution in [-0.4, -0.2) is 22.8 Å². The van der Waals surface area contributed by atoms with Gasteiger partial charge in [-0.25, -0.2) is 8.78 Å². The molecule has 1 N–H and O–H groups in total. The summed E-state index contributed by atoms with van der Waals surface area (Å²) >= 11 is 0. The van der Waals surface area contributed by atoms with Crippen LogP contribution in [-0.2, 0) is 0 Å². The van der Waals surface area contributed by atoms with Crippen LogP contribution in [0.3, 0.4) is 0 Å². The van der Waals surface area contributed by atoms with E-state index in [0.29, 0.717) is 5.69 Å². The Morgan fingerprint density at radius 3 is 2.41 bits per heavy atom. The lowest BCUT2D eigenvalue weighted by atomic mass is 10.1. The molecule has 27 heavy (non-hydrogen) atoms. The first-order valence-electron chi connectivity index (χ1n) is 8.39. The van der Waals surface area contributed by atoms with Crippen LogP contribution in [0.25, 0.3) is 11.3 Å². The molecule has 1 aromatic heterocycles. The van der Waals surface area contributed by atoms with E-state index in [1.54, 1.807) is 13.0 Å². The lowest BCUT2D eigenvalue weighted by molar-refractivity contribution is 0.0738. The number of nitrogens with zero attached hydrogens (tertiary/aromatic N) is 1. The minimum Gasteiger partial charge on any atom is -0.335 e. The number of rotatable bonds is 4. The minimum absolute atomic E-state index is 0.0446. The zero-order valence-corrected chi connectivity index (χ0v) is 14.9. The van der Waals surface area contributed by atoms with Gasteiger partial charge in [0.1, 0.15) is 17.2 Å². The maximum absolute atomic E-state index is 14.0. The maximum Gasteiger partial charge on any atom is 0.261 e. The minimum atomic E-state index is -0.749. The summed E-state index contributed by atoms with van der Waals surface area (Å²) in [7, 11) is 1.45. The number of carbonyl (C=O) groups is 1. The van der Waals surface area contributed by atoms with Crippen molar-refractivity contribution in [3.05, 3.63) is 93.8 Å². The predicted molar refractivity (Wildman–Crippen MR) is 99.4 cm³/mol. The fourth-order valence-electron chi connectivity index (χ4n) is 2.84. The molecule has 1 atom stereocenters. The molecule has 0 bridgehead atoms. The number of amides is 1. The molecule has 0 aliphatic heterocycles. The molecule has 0 aliphatic rings. The topological polar surface area (TPSA) is 53.2 Å². The average Bonchev–Trinajstić information content (AvgIpc) is 2.68. The van der Waals surface area contributed by atoms with E-state index in [9.17, 15) is 18.4 Å². The van der Waals surface area contributed by atoms with Crippen molar-refractivity contribution < 1.29 is 13.6 Å². The lowest BCUT2D eigenvalue weighted by Crippen LogP contribution is -2.34. The van der Waals surface area contributed by atoms with Crippen LogP contribution in [0, 0.1) is 11.6 Å². The van der Waals surface area contributed by atoms with Gasteiger partial charge in [-0.1, -0.05) is 30.3 Å². The summed E-state index contributed by atoms with van der Waals surface area (Å²) in [4.78, 5) is 29.0. The van der Waals surface area contributed by atoms with Crippen molar-refractivity contribution in [1.82, 2.24) is 9.88 Å². The number of halogens is 2. The van der Waals surface area contributed by atoms with E-state index in [-0.39, 0.29) is 11.1 Å². The van der Waals surface area contributed by atoms with Gasteiger partial charge in [0.2, 0.25) is 0 Å². The van der Waals surface area contributed by atoms with Crippen molar-refractivity contribution in [2.75, 3.05) is 7.05 Å². The van der Waals surface area contributed by atoms with Crippen molar-refractivity contribution in [2.24, 2.45) is 0 Å². The maximum atomic E-state index is 14.0. The van der Waals surface area contributed by atoms with Crippen LogP contribution in [0.1, 0.15) is 28.9 Å². The SMILES string of the molecule is CC(c1cc(F)ccc1F)N(C)C(=O)c1ccc(-c2ccccc2)[nH]c1=O. The predicted octanol–water partition coefficient (Wildman–Crippen LogP) is 4.15. The number of nitrogens with one attached hydrogen (secondary N) is 1. The van der Waals surface area contributed by atoms with Gasteiger partial charge in [0, 0.05) is 18.3 Å². The van der Waals surface area contributed by atoms with Gasteiger partial charge in [0.15, 0.2) is 0 Å². The van der Waals surface area contributed by atoms with Crippen LogP contribution in [0.2, 0.25) is 0 Å². The second kappa shape index (κ2) is 7.53. The van der Waals surface area contributed by atoms with E-state index in [1.165, 1.54) is 18.0 Å². The molecule has 3 rings (SSSR count). The monoisotopic (exact) mass is 368 g/mol. The first-order valence-corrected chi connectivity index (χ1v) is 8.39. The zero-order valence-electron chi connectivity index (χ0n) is 14.9. The Morgan fingerprint density at radius 1 is 1.04 bits per heavy atom. The van der Waals surface area contributed by atoms with Crippen LogP contribution < -0.4 is 5.56 Å². The van der Waals surface area contributed by atoms with Gasteiger partial charge in [-0.05, 0) is 42.8 Å². The Kier molecular flexibility index (Phi) is 5.16. The molecule has 6 heteroatoms. The highest BCUT2D eigenvalue weighted by Gasteiger charge is 2.23. The number of aromatic amines is 1. The van der Waals surface area contributed by atoms with E-state index >= 15 is 0 Å². The third-order valence-corrected chi connectivity index (χ3v) is 4.53. The summed E-state index contributed by atoms with van der Waals surface area (Å²) in [6, 6.07) is 14.6. The Balaban J connectivity index is 1.89. The summed E-state index contributed by atoms with van der Waals surface area (Å²) in [5, 5.41) is 0. The van der Waals surface area contributed by atoms with Crippen LogP contribution >= 0.6 is 0 Å². The molecule has 0 spiro atoms. The number of hydrogen-bond acceptors (Lipinski definition) is 2. The number of H-pyrrole nitrogens is 1. The van der Waals surface area contributed by atoms with E-state index in [1.807, 2.05) is 30.3 Å². The summed E-state index contributed by atoms with van der Waals surface area (Å²) < 4.78 is 27.4. The van der Waals surface area contributed by atoms with Gasteiger partial charge in [0.05, 0.1) is 6.04 Å². The zero-order chi connectivity index (χ0) is 19.6. The largest absolute Gasteiger partial charge is 0.335 e. The molecule has 4 nitrogen and oxygen atoms in total. The van der Waals surface area contributed by atoms with Gasteiger partial charge in [-0.15, -0.1) is 0 Å². The Labute approximate surface area is 155 Å². The molecule has 3 aromatic rings. The molecular weight excluding hydrogens is 350 g/mol.